The molecule has 16 heavy (non-hydrogen) atoms. The molecule has 0 unspecified atom stereocenters. The van der Waals surface area contributed by atoms with Gasteiger partial charge in [-0.2, -0.15) is 0 Å². The van der Waals surface area contributed by atoms with Crippen LogP contribution >= 0.6 is 0 Å². The molecule has 0 aromatic heterocycles. The summed E-state index contributed by atoms with van der Waals surface area (Å²) in [6.07, 6.45) is 0. The highest BCUT2D eigenvalue weighted by Gasteiger charge is 2.09. The zero-order valence-electron chi connectivity index (χ0n) is 9.98. The van der Waals surface area contributed by atoms with E-state index in [0.717, 1.165) is 32.0 Å². The Bertz CT molecular complexity index is 282. The van der Waals surface area contributed by atoms with Crippen molar-refractivity contribution in [3.8, 4) is 0 Å². The molecule has 0 atom stereocenters. The largest absolute Gasteiger partial charge is 0.399 e. The summed E-state index contributed by atoms with van der Waals surface area (Å²) in [6.45, 7) is 3.60. The third kappa shape index (κ3) is 4.08. The Morgan fingerprint density at radius 2 is 1.62 bits per heavy atom. The number of rotatable bonds is 1. The first-order chi connectivity index (χ1) is 7.77. The Morgan fingerprint density at radius 1 is 1.12 bits per heavy atom. The fraction of sp³-hybridized carbons (Fsp3) is 0.500. The first kappa shape index (κ1) is 12.8. The number of methoxy groups -OCH3 is 1. The van der Waals surface area contributed by atoms with Gasteiger partial charge in [0.1, 0.15) is 0 Å². The number of nitrogens with two attached hydrogens (primary N) is 1. The zero-order valence-corrected chi connectivity index (χ0v) is 9.98. The van der Waals surface area contributed by atoms with Gasteiger partial charge in [-0.15, -0.1) is 0 Å². The predicted molar refractivity (Wildman–Crippen MR) is 66.8 cm³/mol. The maximum atomic E-state index is 5.61. The summed E-state index contributed by atoms with van der Waals surface area (Å²) >= 11 is 0. The maximum absolute atomic E-state index is 5.61. The number of hydrogen-bond acceptors (Lipinski definition) is 4. The first-order valence-corrected chi connectivity index (χ1v) is 5.36. The number of benzene rings is 1. The average molecular weight is 224 g/mol. The number of hydrogen-bond donors (Lipinski definition) is 1. The van der Waals surface area contributed by atoms with Gasteiger partial charge in [0.2, 0.25) is 0 Å². The molecular formula is C12H20N2O2. The van der Waals surface area contributed by atoms with E-state index >= 15 is 0 Å². The van der Waals surface area contributed by atoms with Crippen molar-refractivity contribution in [2.24, 2.45) is 0 Å². The van der Waals surface area contributed by atoms with Crippen molar-refractivity contribution in [2.45, 2.75) is 0 Å². The van der Waals surface area contributed by atoms with Gasteiger partial charge in [0.15, 0.2) is 0 Å². The highest BCUT2D eigenvalue weighted by molar-refractivity contribution is 5.53. The van der Waals surface area contributed by atoms with Crippen molar-refractivity contribution < 1.29 is 9.47 Å². The van der Waals surface area contributed by atoms with Crippen molar-refractivity contribution in [1.82, 2.24) is 0 Å². The summed E-state index contributed by atoms with van der Waals surface area (Å²) < 4.78 is 9.53. The van der Waals surface area contributed by atoms with E-state index in [1.165, 1.54) is 5.69 Å². The van der Waals surface area contributed by atoms with Crippen LogP contribution in [0.2, 0.25) is 0 Å². The lowest BCUT2D eigenvalue weighted by molar-refractivity contribution is 0.122. The molecule has 1 aromatic carbocycles. The van der Waals surface area contributed by atoms with Gasteiger partial charge in [0.05, 0.1) is 13.2 Å². The molecule has 1 aromatic rings. The quantitative estimate of drug-likeness (QED) is 0.732. The molecule has 0 aliphatic carbocycles. The van der Waals surface area contributed by atoms with E-state index in [2.05, 4.69) is 21.8 Å². The van der Waals surface area contributed by atoms with Gasteiger partial charge < -0.3 is 20.1 Å². The Balaban J connectivity index is 0.000000386. The molecular weight excluding hydrogens is 204 g/mol. The minimum Gasteiger partial charge on any atom is -0.399 e. The van der Waals surface area contributed by atoms with E-state index in [9.17, 15) is 0 Å². The van der Waals surface area contributed by atoms with Crippen molar-refractivity contribution in [1.29, 1.82) is 0 Å². The molecule has 2 rings (SSSR count). The Hall–Kier alpha value is -1.26. The third-order valence-electron chi connectivity index (χ3n) is 2.27. The Kier molecular flexibility index (Phi) is 5.67. The SMILES string of the molecule is COC.Nc1ccc(N2CCOCC2)cc1. The van der Waals surface area contributed by atoms with Crippen LogP contribution in [-0.2, 0) is 9.47 Å². The minimum absolute atomic E-state index is 0.817. The predicted octanol–water partition coefficient (Wildman–Crippen LogP) is 1.37. The molecule has 0 spiro atoms. The van der Waals surface area contributed by atoms with Crippen molar-refractivity contribution >= 4 is 11.4 Å². The lowest BCUT2D eigenvalue weighted by atomic mass is 10.2. The molecule has 0 radical (unpaired) electrons. The molecule has 0 bridgehead atoms. The summed E-state index contributed by atoms with van der Waals surface area (Å²) in [5.74, 6) is 0. The standard InChI is InChI=1S/C10H14N2O.C2H6O/c11-9-1-3-10(4-2-9)12-5-7-13-8-6-12;1-3-2/h1-4H,5-8,11H2;1-2H3. The fourth-order valence-corrected chi connectivity index (χ4v) is 1.51. The number of morpholine rings is 1. The first-order valence-electron chi connectivity index (χ1n) is 5.36. The molecule has 4 nitrogen and oxygen atoms in total. The summed E-state index contributed by atoms with van der Waals surface area (Å²) in [7, 11) is 3.25. The van der Waals surface area contributed by atoms with Gasteiger partial charge in [0, 0.05) is 38.7 Å². The van der Waals surface area contributed by atoms with E-state index in [-0.39, 0.29) is 0 Å². The summed E-state index contributed by atoms with van der Waals surface area (Å²) in [6, 6.07) is 7.98. The molecule has 0 amide bonds. The summed E-state index contributed by atoms with van der Waals surface area (Å²) in [5, 5.41) is 0. The molecule has 1 aliphatic rings. The normalized spacial score (nSPS) is 15.2. The van der Waals surface area contributed by atoms with Crippen molar-refractivity contribution in [2.75, 3.05) is 51.2 Å². The Morgan fingerprint density at radius 3 is 2.12 bits per heavy atom. The molecule has 1 saturated heterocycles. The Labute approximate surface area is 96.9 Å². The van der Waals surface area contributed by atoms with E-state index in [1.54, 1.807) is 14.2 Å². The summed E-state index contributed by atoms with van der Waals surface area (Å²) in [4.78, 5) is 2.31. The lowest BCUT2D eigenvalue weighted by Crippen LogP contribution is -2.36. The van der Waals surface area contributed by atoms with Crippen LogP contribution in [0.4, 0.5) is 11.4 Å². The molecule has 1 heterocycles. The van der Waals surface area contributed by atoms with Crippen LogP contribution in [0, 0.1) is 0 Å². The number of nitrogen functional groups attached to an aromatic ring is 1. The van der Waals surface area contributed by atoms with E-state index in [4.69, 9.17) is 10.5 Å². The van der Waals surface area contributed by atoms with E-state index in [1.807, 2.05) is 12.1 Å². The molecule has 90 valence electrons. The smallest absolute Gasteiger partial charge is 0.0642 e. The van der Waals surface area contributed by atoms with Crippen LogP contribution in [0.25, 0.3) is 0 Å². The highest BCUT2D eigenvalue weighted by Crippen LogP contribution is 2.16. The monoisotopic (exact) mass is 224 g/mol. The number of nitrogens with zero attached hydrogens (tertiary/aromatic N) is 1. The molecule has 1 aliphatic heterocycles. The van der Waals surface area contributed by atoms with E-state index in [0.29, 0.717) is 0 Å². The second-order valence-electron chi connectivity index (χ2n) is 3.60. The zero-order chi connectivity index (χ0) is 11.8. The third-order valence-corrected chi connectivity index (χ3v) is 2.27. The number of anilines is 2. The maximum Gasteiger partial charge on any atom is 0.0642 e. The topological polar surface area (TPSA) is 47.7 Å². The van der Waals surface area contributed by atoms with E-state index < -0.39 is 0 Å². The lowest BCUT2D eigenvalue weighted by Gasteiger charge is -2.28. The van der Waals surface area contributed by atoms with Gasteiger partial charge in [0.25, 0.3) is 0 Å². The minimum atomic E-state index is 0.817. The fourth-order valence-electron chi connectivity index (χ4n) is 1.51. The van der Waals surface area contributed by atoms with Crippen LogP contribution in [0.3, 0.4) is 0 Å². The molecule has 4 heteroatoms. The summed E-state index contributed by atoms with van der Waals surface area (Å²) in [5.41, 5.74) is 7.66. The average Bonchev–Trinajstić information content (AvgIpc) is 2.32. The highest BCUT2D eigenvalue weighted by atomic mass is 16.5. The molecule has 1 fully saturated rings. The van der Waals surface area contributed by atoms with Crippen LogP contribution in [0.5, 0.6) is 0 Å². The second-order valence-corrected chi connectivity index (χ2v) is 3.60. The van der Waals surface area contributed by atoms with Crippen molar-refractivity contribution in [3.05, 3.63) is 24.3 Å². The van der Waals surface area contributed by atoms with Crippen LogP contribution < -0.4 is 10.6 Å². The number of ether oxygens (including phenoxy) is 2. The van der Waals surface area contributed by atoms with Gasteiger partial charge in [-0.05, 0) is 24.3 Å². The van der Waals surface area contributed by atoms with Gasteiger partial charge in [-0.25, -0.2) is 0 Å². The van der Waals surface area contributed by atoms with Gasteiger partial charge >= 0.3 is 0 Å². The van der Waals surface area contributed by atoms with Crippen LogP contribution in [-0.4, -0.2) is 40.5 Å². The van der Waals surface area contributed by atoms with Crippen LogP contribution in [0.15, 0.2) is 24.3 Å². The van der Waals surface area contributed by atoms with Crippen molar-refractivity contribution in [3.63, 3.8) is 0 Å². The van der Waals surface area contributed by atoms with Crippen LogP contribution in [0.1, 0.15) is 0 Å². The van der Waals surface area contributed by atoms with Gasteiger partial charge in [-0.3, -0.25) is 0 Å². The molecule has 0 saturated carbocycles. The van der Waals surface area contributed by atoms with Gasteiger partial charge in [-0.1, -0.05) is 0 Å². The second kappa shape index (κ2) is 7.09. The molecule has 2 N–H and O–H groups in total.